The Morgan fingerprint density at radius 2 is 2.00 bits per heavy atom. The van der Waals surface area contributed by atoms with Gasteiger partial charge in [0.2, 0.25) is 0 Å². The molecular weight excluding hydrogens is 243 g/mol. The molecule has 1 aromatic carbocycles. The molecule has 0 saturated carbocycles. The topological polar surface area (TPSA) is 46.2 Å². The van der Waals surface area contributed by atoms with E-state index in [1.54, 1.807) is 0 Å². The van der Waals surface area contributed by atoms with Gasteiger partial charge in [-0.25, -0.2) is 13.2 Å². The van der Waals surface area contributed by atoms with Gasteiger partial charge in [0.25, 0.3) is 5.92 Å². The summed E-state index contributed by atoms with van der Waals surface area (Å²) < 4.78 is 38.8. The van der Waals surface area contributed by atoms with Crippen LogP contribution in [-0.4, -0.2) is 17.6 Å². The lowest BCUT2D eigenvalue weighted by atomic mass is 9.97. The number of halogens is 4. The normalized spacial score (nSPS) is 13.1. The van der Waals surface area contributed by atoms with E-state index in [9.17, 15) is 13.2 Å². The summed E-state index contributed by atoms with van der Waals surface area (Å²) in [6.07, 6.45) is 0. The largest absolute Gasteiger partial charge is 0.390 e. The average Bonchev–Trinajstić information content (AvgIpc) is 2.17. The van der Waals surface area contributed by atoms with E-state index in [1.165, 1.54) is 13.0 Å². The van der Waals surface area contributed by atoms with Crippen molar-refractivity contribution in [2.24, 2.45) is 5.73 Å². The van der Waals surface area contributed by atoms with Crippen LogP contribution < -0.4 is 5.73 Å². The summed E-state index contributed by atoms with van der Waals surface area (Å²) in [7, 11) is 0. The molecule has 0 saturated heterocycles. The predicted octanol–water partition coefficient (Wildman–Crippen LogP) is 2.18. The Bertz CT molecular complexity index is 360. The van der Waals surface area contributed by atoms with Crippen molar-refractivity contribution in [2.75, 3.05) is 6.61 Å². The summed E-state index contributed by atoms with van der Waals surface area (Å²) >= 11 is 0. The van der Waals surface area contributed by atoms with Crippen LogP contribution >= 0.6 is 12.4 Å². The van der Waals surface area contributed by atoms with Crippen LogP contribution in [0.2, 0.25) is 0 Å². The molecule has 2 nitrogen and oxygen atoms in total. The minimum atomic E-state index is -3.40. The summed E-state index contributed by atoms with van der Waals surface area (Å²) in [5.41, 5.74) is 5.78. The smallest absolute Gasteiger partial charge is 0.289 e. The number of nitrogens with two attached hydrogens (primary N) is 1. The van der Waals surface area contributed by atoms with Gasteiger partial charge in [-0.2, -0.15) is 0 Å². The zero-order chi connectivity index (χ0) is 11.6. The maximum absolute atomic E-state index is 13.0. The van der Waals surface area contributed by atoms with Crippen LogP contribution in [0, 0.1) is 12.7 Å². The van der Waals surface area contributed by atoms with E-state index in [-0.39, 0.29) is 18.0 Å². The molecule has 0 aromatic heterocycles. The van der Waals surface area contributed by atoms with E-state index in [0.717, 1.165) is 12.1 Å². The lowest BCUT2D eigenvalue weighted by molar-refractivity contribution is -0.0713. The number of aryl methyl sites for hydroxylation is 1. The molecule has 0 heterocycles. The maximum atomic E-state index is 13.0. The first-order chi connectivity index (χ1) is 6.88. The molecule has 0 bridgehead atoms. The molecule has 1 aromatic rings. The Kier molecular flexibility index (Phi) is 5.25. The van der Waals surface area contributed by atoms with Gasteiger partial charge >= 0.3 is 0 Å². The van der Waals surface area contributed by atoms with Gasteiger partial charge < -0.3 is 10.8 Å². The Hall–Kier alpha value is -0.780. The van der Waals surface area contributed by atoms with E-state index < -0.39 is 24.4 Å². The van der Waals surface area contributed by atoms with Gasteiger partial charge in [-0.1, -0.05) is 6.07 Å². The van der Waals surface area contributed by atoms with Crippen molar-refractivity contribution in [3.8, 4) is 0 Å². The summed E-state index contributed by atoms with van der Waals surface area (Å²) in [6, 6.07) is 1.78. The second-order valence-corrected chi connectivity index (χ2v) is 3.40. The molecule has 1 rings (SSSR count). The molecule has 0 fully saturated rings. The van der Waals surface area contributed by atoms with Gasteiger partial charge in [0.05, 0.1) is 6.04 Å². The zero-order valence-electron chi connectivity index (χ0n) is 8.58. The summed E-state index contributed by atoms with van der Waals surface area (Å²) in [6.45, 7) is 0.163. The Morgan fingerprint density at radius 3 is 2.44 bits per heavy atom. The van der Waals surface area contributed by atoms with Gasteiger partial charge in [-0.05, 0) is 30.2 Å². The third kappa shape index (κ3) is 3.10. The van der Waals surface area contributed by atoms with E-state index in [4.69, 9.17) is 10.8 Å². The van der Waals surface area contributed by atoms with Gasteiger partial charge in [0, 0.05) is 0 Å². The molecule has 6 heteroatoms. The highest BCUT2D eigenvalue weighted by molar-refractivity contribution is 5.85. The maximum Gasteiger partial charge on any atom is 0.289 e. The number of hydrogen-bond donors (Lipinski definition) is 2. The van der Waals surface area contributed by atoms with Crippen molar-refractivity contribution in [2.45, 2.75) is 18.9 Å². The van der Waals surface area contributed by atoms with Crippen LogP contribution in [0.15, 0.2) is 18.2 Å². The van der Waals surface area contributed by atoms with Crippen LogP contribution in [0.25, 0.3) is 0 Å². The van der Waals surface area contributed by atoms with Crippen molar-refractivity contribution < 1.29 is 18.3 Å². The highest BCUT2D eigenvalue weighted by Gasteiger charge is 2.37. The van der Waals surface area contributed by atoms with Crippen molar-refractivity contribution in [1.29, 1.82) is 0 Å². The van der Waals surface area contributed by atoms with E-state index >= 15 is 0 Å². The molecule has 3 N–H and O–H groups in total. The van der Waals surface area contributed by atoms with Crippen LogP contribution in [0.1, 0.15) is 17.2 Å². The molecule has 0 aliphatic carbocycles. The van der Waals surface area contributed by atoms with Crippen LogP contribution in [-0.2, 0) is 0 Å². The van der Waals surface area contributed by atoms with Gasteiger partial charge in [-0.15, -0.1) is 12.4 Å². The predicted molar refractivity (Wildman–Crippen MR) is 57.3 cm³/mol. The van der Waals surface area contributed by atoms with Crippen molar-refractivity contribution in [1.82, 2.24) is 0 Å². The van der Waals surface area contributed by atoms with Crippen LogP contribution in [0.3, 0.4) is 0 Å². The third-order valence-electron chi connectivity index (χ3n) is 2.23. The number of aliphatic hydroxyl groups is 1. The molecule has 1 atom stereocenters. The molecule has 0 unspecified atom stereocenters. The molecule has 0 aliphatic rings. The van der Waals surface area contributed by atoms with E-state index in [2.05, 4.69) is 0 Å². The first kappa shape index (κ1) is 15.2. The quantitative estimate of drug-likeness (QED) is 0.870. The molecule has 16 heavy (non-hydrogen) atoms. The number of alkyl halides is 2. The zero-order valence-corrected chi connectivity index (χ0v) is 9.40. The molecule has 92 valence electrons. The number of hydrogen-bond acceptors (Lipinski definition) is 2. The summed E-state index contributed by atoms with van der Waals surface area (Å²) in [5, 5.41) is 8.47. The molecular formula is C10H13ClF3NO. The third-order valence-corrected chi connectivity index (χ3v) is 2.23. The lowest BCUT2D eigenvalue weighted by Gasteiger charge is -2.23. The molecule has 0 spiro atoms. The average molecular weight is 256 g/mol. The first-order valence-corrected chi connectivity index (χ1v) is 4.39. The minimum absolute atomic E-state index is 0. The molecule has 0 amide bonds. The number of benzene rings is 1. The Morgan fingerprint density at radius 1 is 1.44 bits per heavy atom. The van der Waals surface area contributed by atoms with Crippen LogP contribution in [0.5, 0.6) is 0 Å². The SMILES string of the molecule is Cc1cc(F)ccc1[C@H](N)C(F)(F)CO.Cl. The highest BCUT2D eigenvalue weighted by Crippen LogP contribution is 2.30. The summed E-state index contributed by atoms with van der Waals surface area (Å²) in [4.78, 5) is 0. The van der Waals surface area contributed by atoms with Crippen LogP contribution in [0.4, 0.5) is 13.2 Å². The minimum Gasteiger partial charge on any atom is -0.390 e. The second-order valence-electron chi connectivity index (χ2n) is 3.40. The fourth-order valence-corrected chi connectivity index (χ4v) is 1.31. The van der Waals surface area contributed by atoms with Gasteiger partial charge in [-0.3, -0.25) is 0 Å². The highest BCUT2D eigenvalue weighted by atomic mass is 35.5. The van der Waals surface area contributed by atoms with E-state index in [1.807, 2.05) is 0 Å². The van der Waals surface area contributed by atoms with Crippen molar-refractivity contribution in [3.63, 3.8) is 0 Å². The van der Waals surface area contributed by atoms with Crippen molar-refractivity contribution >= 4 is 12.4 Å². The Labute approximate surface area is 97.7 Å². The monoisotopic (exact) mass is 255 g/mol. The second kappa shape index (κ2) is 5.52. The molecule has 0 aliphatic heterocycles. The van der Waals surface area contributed by atoms with Gasteiger partial charge in [0.1, 0.15) is 12.4 Å². The lowest BCUT2D eigenvalue weighted by Crippen LogP contribution is -2.36. The fraction of sp³-hybridized carbons (Fsp3) is 0.400. The number of aliphatic hydroxyl groups excluding tert-OH is 1. The molecule has 0 radical (unpaired) electrons. The van der Waals surface area contributed by atoms with Gasteiger partial charge in [0.15, 0.2) is 0 Å². The standard InChI is InChI=1S/C10H12F3NO.ClH/c1-6-4-7(11)2-3-8(6)9(14)10(12,13)5-15;/h2-4,9,15H,5,14H2,1H3;1H/t9-;/m0./s1. The fourth-order valence-electron chi connectivity index (χ4n) is 1.31. The van der Waals surface area contributed by atoms with Crippen molar-refractivity contribution in [3.05, 3.63) is 35.1 Å². The Balaban J connectivity index is 0.00000225. The first-order valence-electron chi connectivity index (χ1n) is 4.39. The summed E-state index contributed by atoms with van der Waals surface area (Å²) in [5.74, 6) is -3.90. The number of rotatable bonds is 3. The van der Waals surface area contributed by atoms with E-state index in [0.29, 0.717) is 5.56 Å².